The number of hydrogen-bond donors (Lipinski definition) is 1. The molecule has 0 bridgehead atoms. The zero-order valence-corrected chi connectivity index (χ0v) is 10.8. The van der Waals surface area contributed by atoms with E-state index in [1.54, 1.807) is 17.4 Å². The van der Waals surface area contributed by atoms with Gasteiger partial charge in [0.1, 0.15) is 5.82 Å². The molecule has 0 aliphatic heterocycles. The second kappa shape index (κ2) is 5.63. The molecule has 1 nitrogen and oxygen atoms in total. The molecular weight excluding hydrogens is 257 g/mol. The van der Waals surface area contributed by atoms with Crippen LogP contribution < -0.4 is 5.73 Å². The summed E-state index contributed by atoms with van der Waals surface area (Å²) in [7, 11) is 0. The zero-order valence-electron chi connectivity index (χ0n) is 9.20. The van der Waals surface area contributed by atoms with Crippen LogP contribution in [-0.2, 0) is 12.8 Å². The van der Waals surface area contributed by atoms with Gasteiger partial charge in [0.2, 0.25) is 0 Å². The molecule has 1 aromatic heterocycles. The van der Waals surface area contributed by atoms with Gasteiger partial charge in [-0.05, 0) is 52.9 Å². The van der Waals surface area contributed by atoms with Gasteiger partial charge in [-0.1, -0.05) is 17.7 Å². The maximum atomic E-state index is 12.9. The lowest BCUT2D eigenvalue weighted by molar-refractivity contribution is 0.624. The zero-order chi connectivity index (χ0) is 12.3. The van der Waals surface area contributed by atoms with Crippen molar-refractivity contribution < 1.29 is 4.39 Å². The Morgan fingerprint density at radius 2 is 2.12 bits per heavy atom. The average Bonchev–Trinajstić information content (AvgIpc) is 2.75. The van der Waals surface area contributed by atoms with Crippen molar-refractivity contribution in [1.29, 1.82) is 0 Å². The number of thiophene rings is 1. The van der Waals surface area contributed by atoms with E-state index in [-0.39, 0.29) is 11.9 Å². The van der Waals surface area contributed by atoms with E-state index in [9.17, 15) is 4.39 Å². The first kappa shape index (κ1) is 12.6. The van der Waals surface area contributed by atoms with Crippen molar-refractivity contribution >= 4 is 22.9 Å². The van der Waals surface area contributed by atoms with Crippen LogP contribution in [0.25, 0.3) is 0 Å². The van der Waals surface area contributed by atoms with Crippen molar-refractivity contribution in [2.75, 3.05) is 0 Å². The van der Waals surface area contributed by atoms with E-state index in [1.165, 1.54) is 17.7 Å². The van der Waals surface area contributed by atoms with Crippen LogP contribution in [0.15, 0.2) is 35.0 Å². The maximum Gasteiger partial charge on any atom is 0.124 e. The molecule has 0 aliphatic rings. The molecule has 4 heteroatoms. The first-order valence-corrected chi connectivity index (χ1v) is 6.68. The summed E-state index contributed by atoms with van der Waals surface area (Å²) < 4.78 is 12.9. The van der Waals surface area contributed by atoms with Crippen LogP contribution >= 0.6 is 22.9 Å². The normalized spacial score (nSPS) is 12.6. The molecule has 1 aromatic carbocycles. The number of benzene rings is 1. The van der Waals surface area contributed by atoms with Gasteiger partial charge < -0.3 is 5.73 Å². The molecule has 0 amide bonds. The van der Waals surface area contributed by atoms with Crippen molar-refractivity contribution in [3.05, 3.63) is 57.0 Å². The van der Waals surface area contributed by atoms with Gasteiger partial charge in [-0.3, -0.25) is 0 Å². The van der Waals surface area contributed by atoms with Crippen molar-refractivity contribution in [1.82, 2.24) is 0 Å². The highest BCUT2D eigenvalue weighted by atomic mass is 35.5. The van der Waals surface area contributed by atoms with Crippen molar-refractivity contribution in [3.63, 3.8) is 0 Å². The Labute approximate surface area is 109 Å². The average molecular weight is 270 g/mol. The minimum Gasteiger partial charge on any atom is -0.327 e. The van der Waals surface area contributed by atoms with E-state index in [0.29, 0.717) is 11.4 Å². The highest BCUT2D eigenvalue weighted by molar-refractivity contribution is 7.07. The van der Waals surface area contributed by atoms with E-state index in [4.69, 9.17) is 17.3 Å². The summed E-state index contributed by atoms with van der Waals surface area (Å²) >= 11 is 7.62. The number of halogens is 2. The molecule has 2 rings (SSSR count). The fourth-order valence-corrected chi connectivity index (χ4v) is 2.68. The third-order valence-corrected chi connectivity index (χ3v) is 3.66. The molecule has 0 aliphatic carbocycles. The predicted octanol–water partition coefficient (Wildman–Crippen LogP) is 3.65. The number of hydrogen-bond acceptors (Lipinski definition) is 2. The Balaban J connectivity index is 2.00. The Hall–Kier alpha value is -0.900. The Bertz CT molecular complexity index is 484. The molecule has 17 heavy (non-hydrogen) atoms. The van der Waals surface area contributed by atoms with Crippen LogP contribution in [0.2, 0.25) is 5.02 Å². The molecule has 0 fully saturated rings. The van der Waals surface area contributed by atoms with Crippen LogP contribution in [0.5, 0.6) is 0 Å². The second-order valence-electron chi connectivity index (χ2n) is 4.04. The highest BCUT2D eigenvalue weighted by Gasteiger charge is 2.09. The summed E-state index contributed by atoms with van der Waals surface area (Å²) in [5.74, 6) is -0.315. The fraction of sp³-hybridized carbons (Fsp3) is 0.231. The molecule has 90 valence electrons. The molecule has 1 heterocycles. The molecule has 1 atom stereocenters. The lowest BCUT2D eigenvalue weighted by Crippen LogP contribution is -2.25. The number of rotatable bonds is 4. The third kappa shape index (κ3) is 3.53. The van der Waals surface area contributed by atoms with Gasteiger partial charge in [-0.15, -0.1) is 0 Å². The van der Waals surface area contributed by atoms with Gasteiger partial charge in [0.15, 0.2) is 0 Å². The Morgan fingerprint density at radius 3 is 2.76 bits per heavy atom. The molecule has 0 saturated heterocycles. The smallest absolute Gasteiger partial charge is 0.124 e. The van der Waals surface area contributed by atoms with E-state index in [1.807, 2.05) is 5.38 Å². The third-order valence-electron chi connectivity index (χ3n) is 2.58. The maximum absolute atomic E-state index is 12.9. The van der Waals surface area contributed by atoms with Crippen LogP contribution in [0.1, 0.15) is 11.1 Å². The molecule has 1 unspecified atom stereocenters. The van der Waals surface area contributed by atoms with E-state index in [0.717, 1.165) is 12.0 Å². The molecular formula is C13H13ClFNS. The molecule has 2 N–H and O–H groups in total. The first-order valence-electron chi connectivity index (χ1n) is 5.36. The Kier molecular flexibility index (Phi) is 4.15. The summed E-state index contributed by atoms with van der Waals surface area (Å²) in [6.07, 6.45) is 1.48. The Morgan fingerprint density at radius 1 is 1.29 bits per heavy atom. The standard InChI is InChI=1S/C13H13ClFNS/c14-13-7-11(15)2-1-10(13)6-12(16)5-9-3-4-17-8-9/h1-4,7-8,12H,5-6,16H2. The van der Waals surface area contributed by atoms with Crippen molar-refractivity contribution in [2.24, 2.45) is 5.73 Å². The monoisotopic (exact) mass is 269 g/mol. The number of nitrogens with two attached hydrogens (primary N) is 1. The quantitative estimate of drug-likeness (QED) is 0.901. The van der Waals surface area contributed by atoms with Gasteiger partial charge in [-0.25, -0.2) is 4.39 Å². The molecule has 0 radical (unpaired) electrons. The van der Waals surface area contributed by atoms with Crippen LogP contribution in [-0.4, -0.2) is 6.04 Å². The minimum absolute atomic E-state index is 0.00700. The van der Waals surface area contributed by atoms with E-state index >= 15 is 0 Å². The summed E-state index contributed by atoms with van der Waals surface area (Å²) in [6.45, 7) is 0. The summed E-state index contributed by atoms with van der Waals surface area (Å²) in [4.78, 5) is 0. The first-order chi connectivity index (χ1) is 8.15. The van der Waals surface area contributed by atoms with Gasteiger partial charge >= 0.3 is 0 Å². The lowest BCUT2D eigenvalue weighted by atomic mass is 10.0. The highest BCUT2D eigenvalue weighted by Crippen LogP contribution is 2.19. The van der Waals surface area contributed by atoms with Crippen LogP contribution in [0.4, 0.5) is 4.39 Å². The second-order valence-corrected chi connectivity index (χ2v) is 5.22. The SMILES string of the molecule is NC(Cc1ccsc1)Cc1ccc(F)cc1Cl. The van der Waals surface area contributed by atoms with E-state index in [2.05, 4.69) is 11.4 Å². The van der Waals surface area contributed by atoms with Gasteiger partial charge in [0.05, 0.1) is 0 Å². The van der Waals surface area contributed by atoms with Crippen molar-refractivity contribution in [2.45, 2.75) is 18.9 Å². The predicted molar refractivity (Wildman–Crippen MR) is 71.1 cm³/mol. The van der Waals surface area contributed by atoms with Crippen LogP contribution in [0.3, 0.4) is 0 Å². The minimum atomic E-state index is -0.315. The van der Waals surface area contributed by atoms with Gasteiger partial charge in [0, 0.05) is 11.1 Å². The van der Waals surface area contributed by atoms with E-state index < -0.39 is 0 Å². The molecule has 0 saturated carbocycles. The fourth-order valence-electron chi connectivity index (χ4n) is 1.75. The van der Waals surface area contributed by atoms with Gasteiger partial charge in [-0.2, -0.15) is 11.3 Å². The van der Waals surface area contributed by atoms with Crippen LogP contribution in [0, 0.1) is 5.82 Å². The van der Waals surface area contributed by atoms with Gasteiger partial charge in [0.25, 0.3) is 0 Å². The largest absolute Gasteiger partial charge is 0.327 e. The summed E-state index contributed by atoms with van der Waals surface area (Å²) in [6, 6.07) is 6.52. The topological polar surface area (TPSA) is 26.0 Å². The summed E-state index contributed by atoms with van der Waals surface area (Å²) in [5.41, 5.74) is 8.19. The van der Waals surface area contributed by atoms with Crippen molar-refractivity contribution in [3.8, 4) is 0 Å². The summed E-state index contributed by atoms with van der Waals surface area (Å²) in [5, 5.41) is 4.57. The molecule has 0 spiro atoms. The lowest BCUT2D eigenvalue weighted by Gasteiger charge is -2.12. The molecule has 2 aromatic rings.